The van der Waals surface area contributed by atoms with Gasteiger partial charge in [-0.2, -0.15) is 10.5 Å². The van der Waals surface area contributed by atoms with Gasteiger partial charge >= 0.3 is 12.2 Å². The van der Waals surface area contributed by atoms with Gasteiger partial charge in [0.05, 0.1) is 66.9 Å². The third kappa shape index (κ3) is 8.23. The predicted molar refractivity (Wildman–Crippen MR) is 216 cm³/mol. The molecular formula is C44H47N9O5. The Morgan fingerprint density at radius 2 is 1.28 bits per heavy atom. The van der Waals surface area contributed by atoms with Crippen LogP contribution in [-0.2, 0) is 14.3 Å². The number of carbonyl (C=O) groups is 3. The molecule has 2 aromatic heterocycles. The van der Waals surface area contributed by atoms with E-state index in [9.17, 15) is 24.9 Å². The highest BCUT2D eigenvalue weighted by Crippen LogP contribution is 2.38. The number of nitriles is 2. The maximum Gasteiger partial charge on any atom is 0.410 e. The lowest BCUT2D eigenvalue weighted by molar-refractivity contribution is -0.135. The maximum absolute atomic E-state index is 13.7. The zero-order valence-corrected chi connectivity index (χ0v) is 33.4. The third-order valence-electron chi connectivity index (χ3n) is 10.8. The molecule has 5 aromatic rings. The highest BCUT2D eigenvalue weighted by atomic mass is 16.6. The Morgan fingerprint density at radius 3 is 1.83 bits per heavy atom. The molecule has 3 N–H and O–H groups in total. The number of benzene rings is 3. The molecule has 0 saturated carbocycles. The Bertz CT molecular complexity index is 2420. The second kappa shape index (κ2) is 16.1. The lowest BCUT2D eigenvalue weighted by atomic mass is 9.98. The van der Waals surface area contributed by atoms with E-state index in [2.05, 4.69) is 79.9 Å². The number of hydrogen-bond acceptors (Lipinski definition) is 9. The van der Waals surface area contributed by atoms with Crippen molar-refractivity contribution in [3.8, 4) is 45.8 Å². The number of imidazole rings is 2. The quantitative estimate of drug-likeness (QED) is 0.140. The van der Waals surface area contributed by atoms with Gasteiger partial charge in [-0.25, -0.2) is 19.6 Å². The van der Waals surface area contributed by atoms with Crippen LogP contribution >= 0.6 is 0 Å². The Labute approximate surface area is 337 Å². The molecule has 2 aliphatic rings. The van der Waals surface area contributed by atoms with Crippen molar-refractivity contribution in [2.24, 2.45) is 17.8 Å². The van der Waals surface area contributed by atoms with Crippen molar-refractivity contribution in [3.63, 3.8) is 0 Å². The Kier molecular flexibility index (Phi) is 11.0. The molecule has 2 aliphatic heterocycles. The van der Waals surface area contributed by atoms with Crippen LogP contribution in [0.25, 0.3) is 44.4 Å². The standard InChI is InChI=1S/C44H47N9O5/c1-25(2)38(51-42(55)57-6)41(54)52-23-26(19-45)15-36(52)39-48-22-35(50-39)33-14-13-31-17-30(11-12-32(31)18-33)28-7-9-29(10-8-28)34-21-47-40(49-34)37-16-27(20-46)24-53(37)43(56)58-44(3,4)5/h7-14,17-18,21-22,25-27,36-38H,15-16,23-24H2,1-6H3,(H,47,49)(H,48,50)(H,51,55)/t26-,27-,36+,37+,38+/m1/s1. The summed E-state index contributed by atoms with van der Waals surface area (Å²) in [5.41, 5.74) is 4.92. The second-order valence-electron chi connectivity index (χ2n) is 16.4. The van der Waals surface area contributed by atoms with Crippen molar-refractivity contribution in [2.45, 2.75) is 71.2 Å². The average molecular weight is 782 g/mol. The summed E-state index contributed by atoms with van der Waals surface area (Å²) in [5, 5.41) is 24.1. The van der Waals surface area contributed by atoms with Crippen LogP contribution in [0.1, 0.15) is 71.2 Å². The van der Waals surface area contributed by atoms with E-state index in [1.54, 1.807) is 22.2 Å². The van der Waals surface area contributed by atoms with E-state index in [0.29, 0.717) is 31.0 Å². The fourth-order valence-corrected chi connectivity index (χ4v) is 7.76. The number of ether oxygens (including phenoxy) is 2. The van der Waals surface area contributed by atoms with Gasteiger partial charge in [-0.05, 0) is 79.1 Å². The second-order valence-corrected chi connectivity index (χ2v) is 16.4. The molecule has 14 nitrogen and oxygen atoms in total. The molecule has 58 heavy (non-hydrogen) atoms. The number of nitrogens with one attached hydrogen (secondary N) is 3. The summed E-state index contributed by atoms with van der Waals surface area (Å²) in [5.74, 6) is 0.0632. The summed E-state index contributed by atoms with van der Waals surface area (Å²) < 4.78 is 10.4. The van der Waals surface area contributed by atoms with E-state index >= 15 is 0 Å². The fraction of sp³-hybridized carbons (Fsp3) is 0.386. The molecule has 0 spiro atoms. The highest BCUT2D eigenvalue weighted by molar-refractivity contribution is 5.91. The number of amides is 3. The summed E-state index contributed by atoms with van der Waals surface area (Å²) in [6, 6.07) is 23.7. The summed E-state index contributed by atoms with van der Waals surface area (Å²) in [6.07, 6.45) is 3.28. The molecule has 0 radical (unpaired) electrons. The predicted octanol–water partition coefficient (Wildman–Crippen LogP) is 7.90. The molecular weight excluding hydrogens is 735 g/mol. The van der Waals surface area contributed by atoms with Crippen molar-refractivity contribution < 1.29 is 23.9 Å². The van der Waals surface area contributed by atoms with Crippen molar-refractivity contribution in [1.82, 2.24) is 35.1 Å². The van der Waals surface area contributed by atoms with E-state index in [4.69, 9.17) is 9.47 Å². The molecule has 0 unspecified atom stereocenters. The lowest BCUT2D eigenvalue weighted by Crippen LogP contribution is -2.51. The number of aromatic nitrogens is 4. The average Bonchev–Trinajstić information content (AvgIpc) is 4.04. The molecule has 3 amide bonds. The molecule has 2 fully saturated rings. The Hall–Kier alpha value is -6.67. The third-order valence-corrected chi connectivity index (χ3v) is 10.8. The Morgan fingerprint density at radius 1 is 0.776 bits per heavy atom. The minimum Gasteiger partial charge on any atom is -0.453 e. The molecule has 7 rings (SSSR count). The first-order chi connectivity index (χ1) is 27.7. The first-order valence-corrected chi connectivity index (χ1v) is 19.4. The minimum atomic E-state index is -0.809. The SMILES string of the molecule is COC(=O)N[C@H](C(=O)N1C[C@@H](C#N)C[C@H]1c1ncc(-c2ccc3cc(-c4ccc(-c5cnc([C@@H]6C[C@H](C#N)CN6C(=O)OC(C)(C)C)[nH]5)cc4)ccc3c2)[nH]1)C(C)C. The molecule has 14 heteroatoms. The van der Waals surface area contributed by atoms with E-state index in [0.717, 1.165) is 44.4 Å². The Balaban J connectivity index is 1.05. The summed E-state index contributed by atoms with van der Waals surface area (Å²) >= 11 is 0. The molecule has 0 aliphatic carbocycles. The number of H-pyrrole nitrogens is 2. The topological polar surface area (TPSA) is 193 Å². The number of alkyl carbamates (subject to hydrolysis) is 1. The van der Waals surface area contributed by atoms with Crippen LogP contribution in [0, 0.1) is 40.4 Å². The first-order valence-electron chi connectivity index (χ1n) is 19.4. The van der Waals surface area contributed by atoms with Crippen LogP contribution in [0.5, 0.6) is 0 Å². The van der Waals surface area contributed by atoms with Gasteiger partial charge in [0.25, 0.3) is 0 Å². The molecule has 2 saturated heterocycles. The van der Waals surface area contributed by atoms with Gasteiger partial charge in [0.1, 0.15) is 23.3 Å². The van der Waals surface area contributed by atoms with Crippen LogP contribution in [0.3, 0.4) is 0 Å². The maximum atomic E-state index is 13.7. The van der Waals surface area contributed by atoms with Crippen LogP contribution in [-0.4, -0.2) is 79.7 Å². The van der Waals surface area contributed by atoms with Gasteiger partial charge in [-0.1, -0.05) is 62.4 Å². The number of fused-ring (bicyclic) bond motifs is 1. The van der Waals surface area contributed by atoms with Gasteiger partial charge < -0.3 is 29.7 Å². The van der Waals surface area contributed by atoms with Crippen LogP contribution in [0.15, 0.2) is 73.1 Å². The zero-order valence-electron chi connectivity index (χ0n) is 33.4. The van der Waals surface area contributed by atoms with Crippen molar-refractivity contribution >= 4 is 28.9 Å². The largest absolute Gasteiger partial charge is 0.453 e. The number of hydrogen-bond donors (Lipinski definition) is 3. The van der Waals surface area contributed by atoms with Gasteiger partial charge in [-0.3, -0.25) is 9.69 Å². The van der Waals surface area contributed by atoms with E-state index in [1.165, 1.54) is 7.11 Å². The van der Waals surface area contributed by atoms with Gasteiger partial charge in [0, 0.05) is 18.7 Å². The van der Waals surface area contributed by atoms with Gasteiger partial charge in [-0.15, -0.1) is 0 Å². The molecule has 3 aromatic carbocycles. The molecule has 5 atom stereocenters. The van der Waals surface area contributed by atoms with Gasteiger partial charge in [0.15, 0.2) is 0 Å². The number of rotatable bonds is 8. The first kappa shape index (κ1) is 39.6. The normalized spacial score (nSPS) is 19.8. The highest BCUT2D eigenvalue weighted by Gasteiger charge is 2.42. The summed E-state index contributed by atoms with van der Waals surface area (Å²) in [4.78, 5) is 58.0. The zero-order chi connectivity index (χ0) is 41.3. The minimum absolute atomic E-state index is 0.197. The smallest absolute Gasteiger partial charge is 0.410 e. The van der Waals surface area contributed by atoms with Crippen LogP contribution in [0.4, 0.5) is 9.59 Å². The van der Waals surface area contributed by atoms with E-state index in [-0.39, 0.29) is 36.2 Å². The van der Waals surface area contributed by atoms with Crippen molar-refractivity contribution in [2.75, 3.05) is 20.2 Å². The van der Waals surface area contributed by atoms with E-state index in [1.807, 2.05) is 52.8 Å². The van der Waals surface area contributed by atoms with Crippen molar-refractivity contribution in [1.29, 1.82) is 10.5 Å². The summed E-state index contributed by atoms with van der Waals surface area (Å²) in [7, 11) is 1.26. The van der Waals surface area contributed by atoms with Crippen LogP contribution in [0.2, 0.25) is 0 Å². The number of carbonyl (C=O) groups excluding carboxylic acids is 3. The van der Waals surface area contributed by atoms with E-state index < -0.39 is 29.9 Å². The molecule has 0 bridgehead atoms. The summed E-state index contributed by atoms with van der Waals surface area (Å²) in [6.45, 7) is 9.70. The lowest BCUT2D eigenvalue weighted by Gasteiger charge is -2.29. The number of methoxy groups -OCH3 is 1. The van der Waals surface area contributed by atoms with Crippen LogP contribution < -0.4 is 5.32 Å². The van der Waals surface area contributed by atoms with Crippen molar-refractivity contribution in [3.05, 3.63) is 84.7 Å². The fourth-order valence-electron chi connectivity index (χ4n) is 7.76. The molecule has 4 heterocycles. The number of aromatic amines is 2. The molecule has 298 valence electrons. The number of likely N-dealkylation sites (tertiary alicyclic amines) is 2. The monoisotopic (exact) mass is 781 g/mol. The number of nitrogens with zero attached hydrogens (tertiary/aromatic N) is 6. The van der Waals surface area contributed by atoms with Gasteiger partial charge in [0.2, 0.25) is 5.91 Å².